The first-order valence-electron chi connectivity index (χ1n) is 11.2. The molecule has 1 amide bonds. The quantitative estimate of drug-likeness (QED) is 0.337. The number of nitrogens with one attached hydrogen (secondary N) is 1. The number of guanidine groups is 1. The second kappa shape index (κ2) is 11.4. The number of carbonyl (C=O) groups excluding carboxylic acids is 1. The summed E-state index contributed by atoms with van der Waals surface area (Å²) in [6.07, 6.45) is 9.04. The largest absolute Gasteiger partial charge is 0.444 e. The molecule has 3 rings (SSSR count). The summed E-state index contributed by atoms with van der Waals surface area (Å²) < 4.78 is 7.53. The Morgan fingerprint density at radius 2 is 1.97 bits per heavy atom. The van der Waals surface area contributed by atoms with E-state index in [0.717, 1.165) is 51.4 Å². The highest BCUT2D eigenvalue weighted by Crippen LogP contribution is 2.32. The lowest BCUT2D eigenvalue weighted by Crippen LogP contribution is -2.52. The zero-order valence-corrected chi connectivity index (χ0v) is 22.0. The van der Waals surface area contributed by atoms with Gasteiger partial charge in [-0.3, -0.25) is 9.67 Å². The summed E-state index contributed by atoms with van der Waals surface area (Å²) in [5.74, 6) is 1.58. The van der Waals surface area contributed by atoms with Crippen LogP contribution >= 0.6 is 24.0 Å². The number of hydrogen-bond acceptors (Lipinski definition) is 4. The van der Waals surface area contributed by atoms with Crippen molar-refractivity contribution in [3.63, 3.8) is 0 Å². The molecule has 2 heterocycles. The fourth-order valence-corrected chi connectivity index (χ4v) is 3.91. The molecule has 1 saturated heterocycles. The predicted octanol–water partition coefficient (Wildman–Crippen LogP) is 3.27. The molecule has 1 N–H and O–H groups in total. The number of aliphatic imine (C=N–C) groups is 1. The van der Waals surface area contributed by atoms with Gasteiger partial charge in [-0.25, -0.2) is 4.79 Å². The highest BCUT2D eigenvalue weighted by atomic mass is 127. The van der Waals surface area contributed by atoms with Crippen molar-refractivity contribution in [2.75, 3.05) is 33.2 Å². The van der Waals surface area contributed by atoms with Crippen LogP contribution in [0.1, 0.15) is 52.0 Å². The molecular formula is C22H39IN6O2. The highest BCUT2D eigenvalue weighted by Gasteiger charge is 2.35. The van der Waals surface area contributed by atoms with Crippen LogP contribution in [0.4, 0.5) is 4.79 Å². The number of aromatic nitrogens is 2. The lowest BCUT2D eigenvalue weighted by molar-refractivity contribution is 0.00928. The molecule has 8 nitrogen and oxygen atoms in total. The number of aryl methyl sites for hydroxylation is 1. The first-order chi connectivity index (χ1) is 14.2. The van der Waals surface area contributed by atoms with Gasteiger partial charge in [0.25, 0.3) is 0 Å². The maximum atomic E-state index is 12.8. The summed E-state index contributed by atoms with van der Waals surface area (Å²) in [5, 5.41) is 7.69. The van der Waals surface area contributed by atoms with E-state index in [1.807, 2.05) is 56.8 Å². The summed E-state index contributed by atoms with van der Waals surface area (Å²) >= 11 is 0. The maximum Gasteiger partial charge on any atom is 0.410 e. The summed E-state index contributed by atoms with van der Waals surface area (Å²) in [4.78, 5) is 21.6. The summed E-state index contributed by atoms with van der Waals surface area (Å²) in [7, 11) is 3.77. The van der Waals surface area contributed by atoms with Crippen molar-refractivity contribution in [1.82, 2.24) is 24.9 Å². The van der Waals surface area contributed by atoms with E-state index in [1.54, 1.807) is 0 Å². The number of hydrogen-bond donors (Lipinski definition) is 1. The van der Waals surface area contributed by atoms with Gasteiger partial charge >= 0.3 is 6.09 Å². The Balaban J connectivity index is 0.00000341. The standard InChI is InChI=1S/C22H38N6O2.HI/c1-22(2,3)30-21(29)28(16-17-6-7-17)19-9-12-27(13-10-19)20(23-4)24-11-8-18-14-25-26(5)15-18;/h14-15,17,19H,6-13,16H2,1-5H3,(H,23,24);1H. The molecule has 0 bridgehead atoms. The van der Waals surface area contributed by atoms with Gasteiger partial charge in [-0.05, 0) is 64.4 Å². The van der Waals surface area contributed by atoms with E-state index >= 15 is 0 Å². The minimum Gasteiger partial charge on any atom is -0.444 e. The van der Waals surface area contributed by atoms with Crippen LogP contribution in [0.5, 0.6) is 0 Å². The number of nitrogens with zero attached hydrogens (tertiary/aromatic N) is 5. The molecule has 0 unspecified atom stereocenters. The monoisotopic (exact) mass is 546 g/mol. The minimum absolute atomic E-state index is 0. The lowest BCUT2D eigenvalue weighted by Gasteiger charge is -2.40. The van der Waals surface area contributed by atoms with Crippen LogP contribution in [0.3, 0.4) is 0 Å². The highest BCUT2D eigenvalue weighted by molar-refractivity contribution is 14.0. The van der Waals surface area contributed by atoms with Gasteiger partial charge in [0.15, 0.2) is 5.96 Å². The van der Waals surface area contributed by atoms with E-state index in [0.29, 0.717) is 5.92 Å². The van der Waals surface area contributed by atoms with Crippen molar-refractivity contribution < 1.29 is 9.53 Å². The van der Waals surface area contributed by atoms with Crippen LogP contribution in [-0.2, 0) is 18.2 Å². The molecule has 9 heteroatoms. The van der Waals surface area contributed by atoms with Gasteiger partial charge in [-0.2, -0.15) is 5.10 Å². The molecule has 1 aliphatic heterocycles. The zero-order valence-electron chi connectivity index (χ0n) is 19.6. The van der Waals surface area contributed by atoms with E-state index < -0.39 is 5.60 Å². The number of amides is 1. The van der Waals surface area contributed by atoms with Gasteiger partial charge in [0, 0.05) is 52.5 Å². The van der Waals surface area contributed by atoms with Crippen LogP contribution in [0.2, 0.25) is 0 Å². The van der Waals surface area contributed by atoms with Gasteiger partial charge in [-0.1, -0.05) is 0 Å². The molecular weight excluding hydrogens is 507 g/mol. The molecule has 2 fully saturated rings. The fraction of sp³-hybridized carbons (Fsp3) is 0.773. The van der Waals surface area contributed by atoms with Crippen molar-refractivity contribution >= 4 is 36.0 Å². The summed E-state index contributed by atoms with van der Waals surface area (Å²) in [6.45, 7) is 9.24. The smallest absolute Gasteiger partial charge is 0.410 e. The number of carbonyl (C=O) groups is 1. The molecule has 1 aromatic heterocycles. The molecule has 0 radical (unpaired) electrons. The van der Waals surface area contributed by atoms with Crippen LogP contribution in [0.25, 0.3) is 0 Å². The van der Waals surface area contributed by atoms with E-state index in [2.05, 4.69) is 20.3 Å². The van der Waals surface area contributed by atoms with Crippen molar-refractivity contribution in [2.24, 2.45) is 18.0 Å². The fourth-order valence-electron chi connectivity index (χ4n) is 3.91. The first kappa shape index (κ1) is 25.7. The molecule has 0 spiro atoms. The third-order valence-corrected chi connectivity index (χ3v) is 5.65. The average Bonchev–Trinajstić information content (AvgIpc) is 3.42. The number of ether oxygens (including phenoxy) is 1. The Bertz CT molecular complexity index is 733. The summed E-state index contributed by atoms with van der Waals surface area (Å²) in [6, 6.07) is 0.241. The van der Waals surface area contributed by atoms with Crippen LogP contribution < -0.4 is 5.32 Å². The predicted molar refractivity (Wildman–Crippen MR) is 134 cm³/mol. The van der Waals surface area contributed by atoms with E-state index in [4.69, 9.17) is 4.74 Å². The van der Waals surface area contributed by atoms with Crippen molar-refractivity contribution in [1.29, 1.82) is 0 Å². The lowest BCUT2D eigenvalue weighted by atomic mass is 10.0. The van der Waals surface area contributed by atoms with Crippen molar-refractivity contribution in [2.45, 2.75) is 64.5 Å². The van der Waals surface area contributed by atoms with Crippen LogP contribution in [0, 0.1) is 5.92 Å². The number of rotatable bonds is 6. The second-order valence-electron chi connectivity index (χ2n) is 9.54. The molecule has 1 saturated carbocycles. The second-order valence-corrected chi connectivity index (χ2v) is 9.54. The van der Waals surface area contributed by atoms with E-state index in [-0.39, 0.29) is 36.1 Å². The molecule has 0 aromatic carbocycles. The molecule has 1 aliphatic carbocycles. The summed E-state index contributed by atoms with van der Waals surface area (Å²) in [5.41, 5.74) is 0.757. The normalized spacial score (nSPS) is 17.8. The Kier molecular flexibility index (Phi) is 9.45. The third kappa shape index (κ3) is 8.16. The number of halogens is 1. The van der Waals surface area contributed by atoms with Crippen molar-refractivity contribution in [3.05, 3.63) is 18.0 Å². The van der Waals surface area contributed by atoms with Gasteiger partial charge in [0.1, 0.15) is 5.60 Å². The Hall–Kier alpha value is -1.52. The Morgan fingerprint density at radius 1 is 1.29 bits per heavy atom. The Morgan fingerprint density at radius 3 is 2.48 bits per heavy atom. The molecule has 31 heavy (non-hydrogen) atoms. The number of likely N-dealkylation sites (tertiary alicyclic amines) is 1. The van der Waals surface area contributed by atoms with Crippen LogP contribution in [0.15, 0.2) is 17.4 Å². The maximum absolute atomic E-state index is 12.8. The Labute approximate surface area is 203 Å². The average molecular weight is 546 g/mol. The molecule has 0 atom stereocenters. The van der Waals surface area contributed by atoms with E-state index in [1.165, 1.54) is 18.4 Å². The number of piperidine rings is 1. The van der Waals surface area contributed by atoms with Crippen LogP contribution in [-0.4, -0.2) is 76.5 Å². The van der Waals surface area contributed by atoms with Gasteiger partial charge in [-0.15, -0.1) is 24.0 Å². The molecule has 1 aromatic rings. The van der Waals surface area contributed by atoms with Gasteiger partial charge < -0.3 is 19.9 Å². The minimum atomic E-state index is -0.459. The molecule has 176 valence electrons. The van der Waals surface area contributed by atoms with Gasteiger partial charge in [0.2, 0.25) is 0 Å². The zero-order chi connectivity index (χ0) is 21.7. The third-order valence-electron chi connectivity index (χ3n) is 5.65. The van der Waals surface area contributed by atoms with Gasteiger partial charge in [0.05, 0.1) is 6.20 Å². The first-order valence-corrected chi connectivity index (χ1v) is 11.2. The van der Waals surface area contributed by atoms with E-state index in [9.17, 15) is 4.79 Å². The topological polar surface area (TPSA) is 75.0 Å². The molecule has 2 aliphatic rings. The van der Waals surface area contributed by atoms with Crippen molar-refractivity contribution in [3.8, 4) is 0 Å². The SMILES string of the molecule is CN=C(NCCc1cnn(C)c1)N1CCC(N(CC2CC2)C(=O)OC(C)(C)C)CC1.I.